The highest BCUT2D eigenvalue weighted by Crippen LogP contribution is 2.15. The van der Waals surface area contributed by atoms with Crippen molar-refractivity contribution in [2.45, 2.75) is 32.5 Å². The lowest BCUT2D eigenvalue weighted by Crippen LogP contribution is -2.43. The van der Waals surface area contributed by atoms with Gasteiger partial charge in [0.1, 0.15) is 0 Å². The second kappa shape index (κ2) is 12.2. The van der Waals surface area contributed by atoms with Gasteiger partial charge in [-0.2, -0.15) is 0 Å². The van der Waals surface area contributed by atoms with Gasteiger partial charge in [-0.1, -0.05) is 60.7 Å². The number of aliphatic hydroxyl groups excluding tert-OH is 1. The minimum Gasteiger partial charge on any atom is -0.465 e. The highest BCUT2D eigenvalue weighted by molar-refractivity contribution is 5.71. The van der Waals surface area contributed by atoms with Gasteiger partial charge in [-0.25, -0.2) is 0 Å². The number of aliphatic hydroxyl groups is 1. The minimum absolute atomic E-state index is 0.102. The van der Waals surface area contributed by atoms with Crippen LogP contribution in [-0.4, -0.2) is 48.3 Å². The van der Waals surface area contributed by atoms with Gasteiger partial charge in [0.25, 0.3) is 0 Å². The number of rotatable bonds is 12. The molecule has 5 nitrogen and oxygen atoms in total. The van der Waals surface area contributed by atoms with E-state index in [0.717, 1.165) is 13.1 Å². The first-order valence-electron chi connectivity index (χ1n) is 9.52. The molecule has 27 heavy (non-hydrogen) atoms. The van der Waals surface area contributed by atoms with E-state index in [-0.39, 0.29) is 25.2 Å². The van der Waals surface area contributed by atoms with E-state index in [4.69, 9.17) is 4.74 Å². The summed E-state index contributed by atoms with van der Waals surface area (Å²) in [6.07, 6.45) is 0.634. The van der Waals surface area contributed by atoms with Gasteiger partial charge in [0, 0.05) is 32.3 Å². The third-order valence-corrected chi connectivity index (χ3v) is 4.39. The molecule has 0 unspecified atom stereocenters. The lowest BCUT2D eigenvalue weighted by Gasteiger charge is -2.32. The van der Waals surface area contributed by atoms with Gasteiger partial charge in [-0.05, 0) is 24.5 Å². The van der Waals surface area contributed by atoms with Crippen LogP contribution >= 0.6 is 0 Å². The molecular weight excluding hydrogens is 340 g/mol. The van der Waals surface area contributed by atoms with E-state index < -0.39 is 0 Å². The lowest BCUT2D eigenvalue weighted by molar-refractivity contribution is -0.142. The van der Waals surface area contributed by atoms with Crippen molar-refractivity contribution in [3.8, 4) is 0 Å². The molecule has 0 fully saturated rings. The number of hydrogen-bond donors (Lipinski definition) is 2. The van der Waals surface area contributed by atoms with Gasteiger partial charge in [0.05, 0.1) is 13.2 Å². The van der Waals surface area contributed by atoms with Gasteiger partial charge in [-0.15, -0.1) is 0 Å². The fraction of sp³-hybridized carbons (Fsp3) is 0.409. The van der Waals surface area contributed by atoms with Crippen LogP contribution in [0.15, 0.2) is 60.7 Å². The number of benzene rings is 2. The molecule has 0 radical (unpaired) electrons. The monoisotopic (exact) mass is 370 g/mol. The maximum Gasteiger partial charge on any atom is 0.319 e. The summed E-state index contributed by atoms with van der Waals surface area (Å²) in [5.74, 6) is -0.252. The van der Waals surface area contributed by atoms with Crippen molar-refractivity contribution in [2.24, 2.45) is 0 Å². The van der Waals surface area contributed by atoms with Crippen LogP contribution in [0, 0.1) is 0 Å². The van der Waals surface area contributed by atoms with E-state index in [1.165, 1.54) is 11.1 Å². The van der Waals surface area contributed by atoms with E-state index in [2.05, 4.69) is 34.5 Å². The summed E-state index contributed by atoms with van der Waals surface area (Å²) in [6.45, 7) is 4.64. The van der Waals surface area contributed by atoms with Crippen molar-refractivity contribution in [2.75, 3.05) is 26.3 Å². The van der Waals surface area contributed by atoms with Crippen molar-refractivity contribution in [3.05, 3.63) is 71.8 Å². The molecule has 0 aromatic heterocycles. The first-order chi connectivity index (χ1) is 13.2. The molecular formula is C22H30N2O3. The van der Waals surface area contributed by atoms with Crippen LogP contribution < -0.4 is 5.32 Å². The Balaban J connectivity index is 2.07. The summed E-state index contributed by atoms with van der Waals surface area (Å²) in [5.41, 5.74) is 2.45. The second-order valence-electron chi connectivity index (χ2n) is 6.48. The molecule has 2 rings (SSSR count). The van der Waals surface area contributed by atoms with Crippen LogP contribution in [0.25, 0.3) is 0 Å². The second-order valence-corrected chi connectivity index (χ2v) is 6.48. The number of carbonyl (C=O) groups is 1. The van der Waals surface area contributed by atoms with Crippen molar-refractivity contribution < 1.29 is 14.6 Å². The van der Waals surface area contributed by atoms with Gasteiger partial charge in [-0.3, -0.25) is 9.69 Å². The molecule has 0 saturated heterocycles. The summed E-state index contributed by atoms with van der Waals surface area (Å²) < 4.78 is 4.97. The van der Waals surface area contributed by atoms with Crippen molar-refractivity contribution in [1.29, 1.82) is 0 Å². The standard InChI is InChI=1S/C22H30N2O3/c1-2-27-22(26)16-23-15-21(13-14-25)24(17-19-9-5-3-6-10-19)18-20-11-7-4-8-12-20/h3-12,21,23,25H,2,13-18H2,1H3/t21-/m0/s1. The molecule has 0 spiro atoms. The zero-order valence-electron chi connectivity index (χ0n) is 16.0. The van der Waals surface area contributed by atoms with Gasteiger partial charge < -0.3 is 15.2 Å². The summed E-state index contributed by atoms with van der Waals surface area (Å²) in [5, 5.41) is 12.7. The van der Waals surface area contributed by atoms with Crippen LogP contribution in [0.1, 0.15) is 24.5 Å². The first kappa shape index (κ1) is 21.1. The fourth-order valence-corrected chi connectivity index (χ4v) is 3.07. The predicted octanol–water partition coefficient (Wildman–Crippen LogP) is 2.59. The number of esters is 1. The normalized spacial score (nSPS) is 12.1. The van der Waals surface area contributed by atoms with Gasteiger partial charge in [0.2, 0.25) is 0 Å². The summed E-state index contributed by atoms with van der Waals surface area (Å²) in [4.78, 5) is 13.9. The van der Waals surface area contributed by atoms with Crippen molar-refractivity contribution in [1.82, 2.24) is 10.2 Å². The molecule has 0 aliphatic carbocycles. The van der Waals surface area contributed by atoms with Crippen LogP contribution in [0.2, 0.25) is 0 Å². The molecule has 146 valence electrons. The topological polar surface area (TPSA) is 61.8 Å². The molecule has 0 saturated carbocycles. The van der Waals surface area contributed by atoms with E-state index in [0.29, 0.717) is 19.6 Å². The first-order valence-corrected chi connectivity index (χ1v) is 9.52. The number of nitrogens with one attached hydrogen (secondary N) is 1. The molecule has 1 atom stereocenters. The molecule has 2 aromatic carbocycles. The molecule has 0 amide bonds. The maximum absolute atomic E-state index is 11.6. The number of carbonyl (C=O) groups excluding carboxylic acids is 1. The highest BCUT2D eigenvalue weighted by atomic mass is 16.5. The van der Waals surface area contributed by atoms with E-state index in [9.17, 15) is 9.90 Å². The van der Waals surface area contributed by atoms with E-state index in [1.54, 1.807) is 6.92 Å². The summed E-state index contributed by atoms with van der Waals surface area (Å²) >= 11 is 0. The molecule has 0 heterocycles. The average molecular weight is 370 g/mol. The molecule has 2 aromatic rings. The predicted molar refractivity (Wildman–Crippen MR) is 107 cm³/mol. The lowest BCUT2D eigenvalue weighted by atomic mass is 10.1. The SMILES string of the molecule is CCOC(=O)CNC[C@H](CCO)N(Cc1ccccc1)Cc1ccccc1. The fourth-order valence-electron chi connectivity index (χ4n) is 3.07. The average Bonchev–Trinajstić information content (AvgIpc) is 2.69. The van der Waals surface area contributed by atoms with E-state index in [1.807, 2.05) is 36.4 Å². The largest absolute Gasteiger partial charge is 0.465 e. The Hall–Kier alpha value is -2.21. The Bertz CT molecular complexity index is 608. The zero-order chi connectivity index (χ0) is 19.3. The van der Waals surface area contributed by atoms with Crippen molar-refractivity contribution >= 4 is 5.97 Å². The Morgan fingerprint density at radius 1 is 1.04 bits per heavy atom. The Kier molecular flexibility index (Phi) is 9.55. The molecule has 0 aliphatic rings. The number of nitrogens with zero attached hydrogens (tertiary/aromatic N) is 1. The molecule has 5 heteroatoms. The van der Waals surface area contributed by atoms with Crippen molar-refractivity contribution in [3.63, 3.8) is 0 Å². The van der Waals surface area contributed by atoms with Crippen LogP contribution in [0.3, 0.4) is 0 Å². The Labute approximate surface area is 162 Å². The quantitative estimate of drug-likeness (QED) is 0.563. The molecule has 0 bridgehead atoms. The molecule has 2 N–H and O–H groups in total. The van der Waals surface area contributed by atoms with Gasteiger partial charge in [0.15, 0.2) is 0 Å². The summed E-state index contributed by atoms with van der Waals surface area (Å²) in [7, 11) is 0. The highest BCUT2D eigenvalue weighted by Gasteiger charge is 2.19. The van der Waals surface area contributed by atoms with E-state index >= 15 is 0 Å². The Morgan fingerprint density at radius 2 is 1.59 bits per heavy atom. The number of hydrogen-bond acceptors (Lipinski definition) is 5. The third kappa shape index (κ3) is 7.91. The summed E-state index contributed by atoms with van der Waals surface area (Å²) in [6, 6.07) is 20.7. The van der Waals surface area contributed by atoms with Crippen LogP contribution in [0.4, 0.5) is 0 Å². The molecule has 0 aliphatic heterocycles. The minimum atomic E-state index is -0.252. The maximum atomic E-state index is 11.6. The zero-order valence-corrected chi connectivity index (χ0v) is 16.0. The smallest absolute Gasteiger partial charge is 0.319 e. The van der Waals surface area contributed by atoms with Gasteiger partial charge >= 0.3 is 5.97 Å². The Morgan fingerprint density at radius 3 is 2.07 bits per heavy atom. The third-order valence-electron chi connectivity index (χ3n) is 4.39. The van der Waals surface area contributed by atoms with Crippen LogP contribution in [0.5, 0.6) is 0 Å². The number of ether oxygens (including phenoxy) is 1. The van der Waals surface area contributed by atoms with Crippen LogP contribution in [-0.2, 0) is 22.6 Å².